The Morgan fingerprint density at radius 3 is 2.61 bits per heavy atom. The summed E-state index contributed by atoms with van der Waals surface area (Å²) in [5, 5.41) is 40.6. The summed E-state index contributed by atoms with van der Waals surface area (Å²) >= 11 is 0. The van der Waals surface area contributed by atoms with Crippen LogP contribution in [-0.2, 0) is 4.79 Å². The number of halogens is 1. The first-order valence-electron chi connectivity index (χ1n) is 10.1. The maximum absolute atomic E-state index is 16.8. The predicted octanol–water partition coefficient (Wildman–Crippen LogP) is 2.73. The van der Waals surface area contributed by atoms with Gasteiger partial charge in [0.1, 0.15) is 5.76 Å². The largest absolute Gasteiger partial charge is 0.507 e. The summed E-state index contributed by atoms with van der Waals surface area (Å²) in [6, 6.07) is 0. The molecule has 4 N–H and O–H groups in total. The molecule has 0 radical (unpaired) electrons. The number of rotatable bonds is 1. The minimum atomic E-state index is -1.98. The van der Waals surface area contributed by atoms with Crippen LogP contribution in [0.15, 0.2) is 35.1 Å². The fourth-order valence-electron chi connectivity index (χ4n) is 7.05. The van der Waals surface area contributed by atoms with E-state index in [-0.39, 0.29) is 24.0 Å². The van der Waals surface area contributed by atoms with Crippen molar-refractivity contribution in [2.75, 3.05) is 0 Å². The number of fused-ring (bicyclic) bond motifs is 5. The Hall–Kier alpha value is -1.50. The lowest BCUT2D eigenvalue weighted by atomic mass is 9.45. The zero-order valence-corrected chi connectivity index (χ0v) is 16.5. The molecule has 0 saturated heterocycles. The second-order valence-electron chi connectivity index (χ2n) is 9.57. The number of hydrogen-bond donors (Lipinski definition) is 4. The lowest BCUT2D eigenvalue weighted by Crippen LogP contribution is -2.66. The van der Waals surface area contributed by atoms with Crippen LogP contribution in [0.2, 0.25) is 0 Å². The minimum Gasteiger partial charge on any atom is -0.507 e. The van der Waals surface area contributed by atoms with Crippen LogP contribution in [0.25, 0.3) is 0 Å². The Kier molecular flexibility index (Phi) is 4.24. The molecule has 0 heterocycles. The average Bonchev–Trinajstić information content (AvgIpc) is 2.86. The Morgan fingerprint density at radius 2 is 1.96 bits per heavy atom. The molecule has 154 valence electrons. The number of alkyl halides is 1. The first-order valence-corrected chi connectivity index (χ1v) is 10.1. The monoisotopic (exact) mass is 392 g/mol. The van der Waals surface area contributed by atoms with Gasteiger partial charge in [-0.25, -0.2) is 4.39 Å². The van der Waals surface area contributed by atoms with Gasteiger partial charge in [0.2, 0.25) is 6.29 Å². The first kappa shape index (κ1) is 19.8. The molecule has 0 aliphatic heterocycles. The molecule has 5 nitrogen and oxygen atoms in total. The van der Waals surface area contributed by atoms with Crippen molar-refractivity contribution in [1.82, 2.24) is 0 Å². The first-order chi connectivity index (χ1) is 13.0. The number of aliphatic hydroxyl groups excluding tert-OH is 3. The van der Waals surface area contributed by atoms with E-state index in [0.29, 0.717) is 24.8 Å². The second kappa shape index (κ2) is 6.00. The number of ketones is 1. The van der Waals surface area contributed by atoms with Gasteiger partial charge in [-0.1, -0.05) is 25.5 Å². The molecule has 0 unspecified atom stereocenters. The minimum absolute atomic E-state index is 0.0891. The van der Waals surface area contributed by atoms with E-state index < -0.39 is 40.6 Å². The Labute approximate surface area is 164 Å². The molecule has 3 saturated carbocycles. The third-order valence-corrected chi connectivity index (χ3v) is 8.27. The summed E-state index contributed by atoms with van der Waals surface area (Å²) in [6.07, 6.45) is 3.05. The molecule has 0 aromatic heterocycles. The van der Waals surface area contributed by atoms with Gasteiger partial charge in [0.05, 0.1) is 6.10 Å². The molecular formula is C22H29FO5. The van der Waals surface area contributed by atoms with Crippen LogP contribution >= 0.6 is 0 Å². The van der Waals surface area contributed by atoms with Crippen LogP contribution < -0.4 is 0 Å². The fourth-order valence-corrected chi connectivity index (χ4v) is 7.05. The van der Waals surface area contributed by atoms with E-state index in [1.54, 1.807) is 13.0 Å². The zero-order chi connectivity index (χ0) is 20.6. The van der Waals surface area contributed by atoms with Crippen molar-refractivity contribution >= 4 is 5.78 Å². The summed E-state index contributed by atoms with van der Waals surface area (Å²) in [7, 11) is 0. The van der Waals surface area contributed by atoms with Gasteiger partial charge in [-0.3, -0.25) is 4.79 Å². The molecule has 0 spiro atoms. The Bertz CT molecular complexity index is 814. The number of aliphatic hydroxyl groups is 4. The van der Waals surface area contributed by atoms with E-state index in [9.17, 15) is 25.2 Å². The van der Waals surface area contributed by atoms with E-state index in [4.69, 9.17) is 0 Å². The van der Waals surface area contributed by atoms with Crippen molar-refractivity contribution in [1.29, 1.82) is 0 Å². The van der Waals surface area contributed by atoms with Gasteiger partial charge in [-0.15, -0.1) is 0 Å². The molecule has 6 heteroatoms. The average molecular weight is 392 g/mol. The smallest absolute Gasteiger partial charge is 0.211 e. The summed E-state index contributed by atoms with van der Waals surface area (Å²) in [6.45, 7) is 5.56. The number of hydrogen-bond acceptors (Lipinski definition) is 5. The quantitative estimate of drug-likeness (QED) is 0.406. The molecule has 28 heavy (non-hydrogen) atoms. The third kappa shape index (κ3) is 2.25. The van der Waals surface area contributed by atoms with E-state index in [1.165, 1.54) is 12.2 Å². The van der Waals surface area contributed by atoms with Crippen molar-refractivity contribution in [2.24, 2.45) is 28.6 Å². The number of carbonyl (C=O) groups is 1. The maximum Gasteiger partial charge on any atom is 0.211 e. The standard InChI is InChI=1S/C22H29FO5/c1-11-8-15-14-5-4-12-9-13(24)6-7-21(12,3)22(14,23)16(25)10-20(15,2)17(11)18(26)19(27)28/h6-7,9,11,14-16,19,25-28H,4-5,8,10H2,1-3H3/t11-,14-,15-,16-,20-,21-,22-/m0/s1. The van der Waals surface area contributed by atoms with Crippen molar-refractivity contribution in [3.05, 3.63) is 35.1 Å². The van der Waals surface area contributed by atoms with Crippen LogP contribution in [0.1, 0.15) is 46.5 Å². The van der Waals surface area contributed by atoms with E-state index in [2.05, 4.69) is 0 Å². The Morgan fingerprint density at radius 1 is 1.29 bits per heavy atom. The molecule has 0 bridgehead atoms. The molecule has 3 fully saturated rings. The van der Waals surface area contributed by atoms with Crippen molar-refractivity contribution in [2.45, 2.75) is 64.5 Å². The van der Waals surface area contributed by atoms with Crippen LogP contribution in [0.4, 0.5) is 4.39 Å². The van der Waals surface area contributed by atoms with E-state index in [1.807, 2.05) is 13.8 Å². The molecule has 7 atom stereocenters. The molecule has 0 aromatic carbocycles. The third-order valence-electron chi connectivity index (χ3n) is 8.27. The van der Waals surface area contributed by atoms with Gasteiger partial charge in [-0.2, -0.15) is 0 Å². The van der Waals surface area contributed by atoms with Gasteiger partial charge in [0.15, 0.2) is 11.5 Å². The summed E-state index contributed by atoms with van der Waals surface area (Å²) in [5.41, 5.74) is -2.41. The molecule has 4 aliphatic rings. The zero-order valence-electron chi connectivity index (χ0n) is 16.5. The van der Waals surface area contributed by atoms with Gasteiger partial charge in [0, 0.05) is 11.3 Å². The predicted molar refractivity (Wildman–Crippen MR) is 101 cm³/mol. The molecule has 4 aliphatic carbocycles. The van der Waals surface area contributed by atoms with E-state index in [0.717, 1.165) is 5.57 Å². The van der Waals surface area contributed by atoms with Crippen LogP contribution in [0, 0.1) is 28.6 Å². The number of carbonyl (C=O) groups excluding carboxylic acids is 1. The highest BCUT2D eigenvalue weighted by molar-refractivity contribution is 6.01. The highest BCUT2D eigenvalue weighted by Crippen LogP contribution is 2.69. The van der Waals surface area contributed by atoms with Gasteiger partial charge in [0.25, 0.3) is 0 Å². The fraction of sp³-hybridized carbons (Fsp3) is 0.682. The van der Waals surface area contributed by atoms with Gasteiger partial charge in [-0.05, 0) is 67.6 Å². The highest BCUT2D eigenvalue weighted by Gasteiger charge is 2.70. The summed E-state index contributed by atoms with van der Waals surface area (Å²) in [5.74, 6) is -1.35. The normalized spacial score (nSPS) is 49.4. The van der Waals surface area contributed by atoms with Crippen molar-refractivity contribution in [3.63, 3.8) is 0 Å². The molecule has 0 aromatic rings. The lowest BCUT2D eigenvalue weighted by molar-refractivity contribution is -0.184. The highest BCUT2D eigenvalue weighted by atomic mass is 19.1. The molecule has 0 amide bonds. The van der Waals surface area contributed by atoms with Crippen LogP contribution in [-0.4, -0.2) is 44.3 Å². The van der Waals surface area contributed by atoms with E-state index >= 15 is 4.39 Å². The molecular weight excluding hydrogens is 363 g/mol. The van der Waals surface area contributed by atoms with Gasteiger partial charge >= 0.3 is 0 Å². The topological polar surface area (TPSA) is 98.0 Å². The summed E-state index contributed by atoms with van der Waals surface area (Å²) in [4.78, 5) is 11.8. The molecule has 4 rings (SSSR count). The van der Waals surface area contributed by atoms with Crippen molar-refractivity contribution in [3.8, 4) is 0 Å². The van der Waals surface area contributed by atoms with Crippen LogP contribution in [0.3, 0.4) is 0 Å². The maximum atomic E-state index is 16.8. The Balaban J connectivity index is 1.84. The van der Waals surface area contributed by atoms with Crippen molar-refractivity contribution < 1.29 is 29.6 Å². The number of allylic oxidation sites excluding steroid dienone is 5. The van der Waals surface area contributed by atoms with Crippen LogP contribution in [0.5, 0.6) is 0 Å². The lowest BCUT2D eigenvalue weighted by Gasteiger charge is -2.61. The second-order valence-corrected chi connectivity index (χ2v) is 9.57. The SMILES string of the molecule is C[C@H]1C[C@H]2[C@@H]3CCC4=CC(=O)C=C[C@]4(C)[C@@]3(F)[C@@H](O)C[C@]2(C)C1=C(O)C(O)O. The van der Waals surface area contributed by atoms with Gasteiger partial charge < -0.3 is 20.4 Å². The summed E-state index contributed by atoms with van der Waals surface area (Å²) < 4.78 is 16.8.